The van der Waals surface area contributed by atoms with Crippen LogP contribution in [-0.2, 0) is 11.3 Å². The van der Waals surface area contributed by atoms with Crippen LogP contribution in [-0.4, -0.2) is 64.3 Å². The summed E-state index contributed by atoms with van der Waals surface area (Å²) in [5.41, 5.74) is 2.32. The normalized spacial score (nSPS) is 16.1. The molecule has 0 N–H and O–H groups in total. The van der Waals surface area contributed by atoms with Crippen LogP contribution >= 0.6 is 0 Å². The molecule has 0 saturated carbocycles. The predicted octanol–water partition coefficient (Wildman–Crippen LogP) is 2.83. The highest BCUT2D eigenvalue weighted by atomic mass is 16.2. The second kappa shape index (κ2) is 10.3. The zero-order valence-electron chi connectivity index (χ0n) is 18.1. The third kappa shape index (κ3) is 5.63. The number of hydrogen-bond acceptors (Lipinski definition) is 5. The summed E-state index contributed by atoms with van der Waals surface area (Å²) in [6.45, 7) is 10.4. The quantitative estimate of drug-likeness (QED) is 0.780. The lowest BCUT2D eigenvalue weighted by molar-refractivity contribution is -0.116. The van der Waals surface area contributed by atoms with Crippen LogP contribution in [0.15, 0.2) is 43.0 Å². The van der Waals surface area contributed by atoms with Crippen molar-refractivity contribution in [3.63, 3.8) is 0 Å². The van der Waals surface area contributed by atoms with Gasteiger partial charge in [-0.2, -0.15) is 0 Å². The van der Waals surface area contributed by atoms with Gasteiger partial charge in [-0.3, -0.25) is 9.59 Å². The topological polar surface area (TPSA) is 69.6 Å². The molecule has 7 nitrogen and oxygen atoms in total. The van der Waals surface area contributed by atoms with E-state index in [4.69, 9.17) is 0 Å². The number of anilines is 1. The maximum atomic E-state index is 13.2. The number of aromatic nitrogens is 2. The van der Waals surface area contributed by atoms with Gasteiger partial charge < -0.3 is 14.7 Å². The van der Waals surface area contributed by atoms with Crippen molar-refractivity contribution in [3.05, 3.63) is 54.1 Å². The maximum Gasteiger partial charge on any atom is 0.257 e. The van der Waals surface area contributed by atoms with E-state index in [1.807, 2.05) is 34.1 Å². The molecular formula is C23H31N5O2. The molecule has 3 rings (SSSR count). The Hall–Kier alpha value is -2.80. The number of carbonyl (C=O) groups is 2. The van der Waals surface area contributed by atoms with Crippen LogP contribution in [0.5, 0.6) is 0 Å². The fourth-order valence-corrected chi connectivity index (χ4v) is 3.93. The van der Waals surface area contributed by atoms with Crippen molar-refractivity contribution in [2.75, 3.05) is 37.6 Å². The average Bonchev–Trinajstić information content (AvgIpc) is 2.76. The zero-order valence-corrected chi connectivity index (χ0v) is 18.1. The van der Waals surface area contributed by atoms with Crippen LogP contribution in [0.1, 0.15) is 43.1 Å². The highest BCUT2D eigenvalue weighted by Crippen LogP contribution is 2.24. The van der Waals surface area contributed by atoms with E-state index in [1.165, 1.54) is 6.33 Å². The van der Waals surface area contributed by atoms with Crippen LogP contribution in [0.4, 0.5) is 5.69 Å². The molecule has 0 radical (unpaired) electrons. The SMILES string of the molecule is CC(=O)N1CCCN(CC(C)C)CCN(C(=O)c2cncnc2)Cc2ccccc21. The van der Waals surface area contributed by atoms with Gasteiger partial charge in [-0.25, -0.2) is 9.97 Å². The Kier molecular flexibility index (Phi) is 7.52. The number of fused-ring (bicyclic) bond motifs is 1. The highest BCUT2D eigenvalue weighted by Gasteiger charge is 2.23. The van der Waals surface area contributed by atoms with E-state index in [9.17, 15) is 9.59 Å². The molecule has 0 fully saturated rings. The van der Waals surface area contributed by atoms with Crippen molar-refractivity contribution in [2.24, 2.45) is 5.92 Å². The Balaban J connectivity index is 1.95. The van der Waals surface area contributed by atoms with Crippen molar-refractivity contribution >= 4 is 17.5 Å². The average molecular weight is 410 g/mol. The number of carbonyl (C=O) groups excluding carboxylic acids is 2. The summed E-state index contributed by atoms with van der Waals surface area (Å²) in [5.74, 6) is 0.456. The van der Waals surface area contributed by atoms with Crippen LogP contribution in [0.25, 0.3) is 0 Å². The van der Waals surface area contributed by atoms with E-state index in [-0.39, 0.29) is 11.8 Å². The van der Waals surface area contributed by atoms with Crippen molar-refractivity contribution in [1.82, 2.24) is 19.8 Å². The van der Waals surface area contributed by atoms with Crippen LogP contribution in [0.3, 0.4) is 0 Å². The Bertz CT molecular complexity index is 856. The Morgan fingerprint density at radius 3 is 2.47 bits per heavy atom. The van der Waals surface area contributed by atoms with Gasteiger partial charge in [0, 0.05) is 57.7 Å². The van der Waals surface area contributed by atoms with E-state index in [0.29, 0.717) is 31.1 Å². The predicted molar refractivity (Wildman–Crippen MR) is 117 cm³/mol. The van der Waals surface area contributed by atoms with Gasteiger partial charge in [-0.15, -0.1) is 0 Å². The molecule has 0 aliphatic carbocycles. The first-order chi connectivity index (χ1) is 14.5. The lowest BCUT2D eigenvalue weighted by Crippen LogP contribution is -2.40. The smallest absolute Gasteiger partial charge is 0.257 e. The lowest BCUT2D eigenvalue weighted by atomic mass is 10.1. The van der Waals surface area contributed by atoms with Crippen molar-refractivity contribution in [2.45, 2.75) is 33.7 Å². The molecule has 0 saturated heterocycles. The van der Waals surface area contributed by atoms with E-state index in [2.05, 4.69) is 28.7 Å². The number of nitrogens with zero attached hydrogens (tertiary/aromatic N) is 5. The molecule has 160 valence electrons. The molecule has 0 atom stereocenters. The van der Waals surface area contributed by atoms with Crippen LogP contribution in [0, 0.1) is 5.92 Å². The summed E-state index contributed by atoms with van der Waals surface area (Å²) >= 11 is 0. The minimum Gasteiger partial charge on any atom is -0.333 e. The molecule has 1 aliphatic rings. The Morgan fingerprint density at radius 2 is 1.77 bits per heavy atom. The molecular weight excluding hydrogens is 378 g/mol. The minimum atomic E-state index is -0.0940. The van der Waals surface area contributed by atoms with Gasteiger partial charge >= 0.3 is 0 Å². The largest absolute Gasteiger partial charge is 0.333 e. The van der Waals surface area contributed by atoms with Gasteiger partial charge in [-0.1, -0.05) is 32.0 Å². The van der Waals surface area contributed by atoms with E-state index in [1.54, 1.807) is 19.3 Å². The molecule has 0 unspecified atom stereocenters. The van der Waals surface area contributed by atoms with Crippen LogP contribution < -0.4 is 4.90 Å². The molecule has 0 bridgehead atoms. The van der Waals surface area contributed by atoms with Gasteiger partial charge in [0.25, 0.3) is 5.91 Å². The second-order valence-corrected chi connectivity index (χ2v) is 8.20. The van der Waals surface area contributed by atoms with E-state index in [0.717, 1.165) is 37.3 Å². The standard InChI is InChI=1S/C23H31N5O2/c1-18(2)15-26-9-6-10-28(19(3)29)22-8-5-4-7-20(22)16-27(12-11-26)23(30)21-13-24-17-25-14-21/h4-5,7-8,13-14,17-18H,6,9-12,15-16H2,1-3H3. The van der Waals surface area contributed by atoms with Gasteiger partial charge in [0.1, 0.15) is 6.33 Å². The number of hydrogen-bond donors (Lipinski definition) is 0. The molecule has 0 spiro atoms. The fraction of sp³-hybridized carbons (Fsp3) is 0.478. The lowest BCUT2D eigenvalue weighted by Gasteiger charge is -2.28. The van der Waals surface area contributed by atoms with Gasteiger partial charge in [0.05, 0.1) is 5.56 Å². The number of rotatable bonds is 3. The van der Waals surface area contributed by atoms with E-state index < -0.39 is 0 Å². The summed E-state index contributed by atoms with van der Waals surface area (Å²) in [7, 11) is 0. The first-order valence-corrected chi connectivity index (χ1v) is 10.6. The summed E-state index contributed by atoms with van der Waals surface area (Å²) < 4.78 is 0. The molecule has 2 heterocycles. The molecule has 1 aromatic heterocycles. The number of para-hydroxylation sites is 1. The molecule has 2 amide bonds. The zero-order chi connectivity index (χ0) is 21.5. The Labute approximate surface area is 178 Å². The van der Waals surface area contributed by atoms with Crippen molar-refractivity contribution in [1.29, 1.82) is 0 Å². The molecule has 1 aliphatic heterocycles. The summed E-state index contributed by atoms with van der Waals surface area (Å²) in [4.78, 5) is 39.7. The molecule has 7 heteroatoms. The molecule has 1 aromatic carbocycles. The van der Waals surface area contributed by atoms with Gasteiger partial charge in [-0.05, 0) is 30.5 Å². The monoisotopic (exact) mass is 409 g/mol. The van der Waals surface area contributed by atoms with E-state index >= 15 is 0 Å². The van der Waals surface area contributed by atoms with Crippen molar-refractivity contribution < 1.29 is 9.59 Å². The number of amides is 2. The summed E-state index contributed by atoms with van der Waals surface area (Å²) in [6, 6.07) is 7.86. The molecule has 30 heavy (non-hydrogen) atoms. The third-order valence-electron chi connectivity index (χ3n) is 5.28. The first-order valence-electron chi connectivity index (χ1n) is 10.6. The Morgan fingerprint density at radius 1 is 1.03 bits per heavy atom. The first kappa shape index (κ1) is 21.9. The van der Waals surface area contributed by atoms with Gasteiger partial charge in [0.2, 0.25) is 5.91 Å². The van der Waals surface area contributed by atoms with Crippen LogP contribution in [0.2, 0.25) is 0 Å². The van der Waals surface area contributed by atoms with Crippen molar-refractivity contribution in [3.8, 4) is 0 Å². The highest BCUT2D eigenvalue weighted by molar-refractivity contribution is 5.94. The third-order valence-corrected chi connectivity index (χ3v) is 5.28. The minimum absolute atomic E-state index is 0.0199. The maximum absolute atomic E-state index is 13.2. The molecule has 2 aromatic rings. The fourth-order valence-electron chi connectivity index (χ4n) is 3.93. The second-order valence-electron chi connectivity index (χ2n) is 8.20. The number of benzene rings is 1. The summed E-state index contributed by atoms with van der Waals surface area (Å²) in [5, 5.41) is 0. The summed E-state index contributed by atoms with van der Waals surface area (Å²) in [6.07, 6.45) is 5.43. The van der Waals surface area contributed by atoms with Gasteiger partial charge in [0.15, 0.2) is 0 Å².